The quantitative estimate of drug-likeness (QED) is 0.939. The summed E-state index contributed by atoms with van der Waals surface area (Å²) in [5.41, 5.74) is 0.373. The molecule has 0 aromatic carbocycles. The minimum atomic E-state index is -0.862. The van der Waals surface area contributed by atoms with Crippen LogP contribution in [0.3, 0.4) is 0 Å². The maximum Gasteiger partial charge on any atom is 0.352 e. The number of carboxylic acids is 1. The van der Waals surface area contributed by atoms with E-state index < -0.39 is 5.97 Å². The van der Waals surface area contributed by atoms with Crippen LogP contribution in [0.25, 0.3) is 0 Å². The zero-order chi connectivity index (χ0) is 14.8. The Morgan fingerprint density at radius 3 is 2.86 bits per heavy atom. The number of hydrogen-bond acceptors (Lipinski definition) is 5. The van der Waals surface area contributed by atoms with Gasteiger partial charge in [-0.25, -0.2) is 9.78 Å². The molecule has 0 bridgehead atoms. The van der Waals surface area contributed by atoms with Gasteiger partial charge in [0.05, 0.1) is 0 Å². The fourth-order valence-corrected chi connectivity index (χ4v) is 3.55. The van der Waals surface area contributed by atoms with Crippen molar-refractivity contribution in [2.24, 2.45) is 0 Å². The number of aromatic nitrogens is 3. The second-order valence-corrected chi connectivity index (χ2v) is 5.90. The zero-order valence-electron chi connectivity index (χ0n) is 11.9. The van der Waals surface area contributed by atoms with Crippen molar-refractivity contribution in [3.8, 4) is 0 Å². The monoisotopic (exact) mass is 306 g/mol. The Balaban J connectivity index is 1.67. The Morgan fingerprint density at radius 2 is 2.24 bits per heavy atom. The Hall–Kier alpha value is -1.89. The molecule has 1 N–H and O–H groups in total. The fourth-order valence-electron chi connectivity index (χ4n) is 2.75. The van der Waals surface area contributed by atoms with Gasteiger partial charge in [0.1, 0.15) is 11.5 Å². The Bertz CT molecular complexity index is 628. The number of piperidine rings is 1. The van der Waals surface area contributed by atoms with Crippen molar-refractivity contribution in [2.45, 2.75) is 32.2 Å². The number of carboxylic acid groups (broad SMARTS) is 1. The van der Waals surface area contributed by atoms with Crippen LogP contribution in [0.5, 0.6) is 0 Å². The Labute approximate surface area is 127 Å². The number of rotatable bonds is 4. The van der Waals surface area contributed by atoms with E-state index in [-0.39, 0.29) is 6.04 Å². The molecule has 6 nitrogen and oxygen atoms in total. The first-order chi connectivity index (χ1) is 10.2. The molecule has 1 aliphatic heterocycles. The van der Waals surface area contributed by atoms with Crippen LogP contribution < -0.4 is 4.90 Å². The molecule has 21 heavy (non-hydrogen) atoms. The lowest BCUT2D eigenvalue weighted by Crippen LogP contribution is -2.35. The molecule has 0 radical (unpaired) electrons. The lowest BCUT2D eigenvalue weighted by molar-refractivity contribution is 0.0681. The van der Waals surface area contributed by atoms with Gasteiger partial charge in [-0.1, -0.05) is 6.92 Å². The molecule has 0 unspecified atom stereocenters. The van der Waals surface area contributed by atoms with Gasteiger partial charge in [0.2, 0.25) is 5.13 Å². The van der Waals surface area contributed by atoms with E-state index in [4.69, 9.17) is 0 Å². The first-order valence-corrected chi connectivity index (χ1v) is 7.94. The van der Waals surface area contributed by atoms with Crippen molar-refractivity contribution >= 4 is 22.6 Å². The molecule has 3 heterocycles. The van der Waals surface area contributed by atoms with E-state index in [1.807, 2.05) is 10.8 Å². The molecule has 0 saturated carbocycles. The highest BCUT2D eigenvalue weighted by Gasteiger charge is 2.24. The molecular weight excluding hydrogens is 288 g/mol. The highest BCUT2D eigenvalue weighted by Crippen LogP contribution is 2.28. The summed E-state index contributed by atoms with van der Waals surface area (Å²) in [4.78, 5) is 18.0. The minimum absolute atomic E-state index is 0.251. The van der Waals surface area contributed by atoms with Gasteiger partial charge in [-0.15, -0.1) is 0 Å². The number of anilines is 1. The van der Waals surface area contributed by atoms with Gasteiger partial charge >= 0.3 is 5.97 Å². The lowest BCUT2D eigenvalue weighted by Gasteiger charge is -2.32. The molecule has 1 fully saturated rings. The molecule has 112 valence electrons. The molecular formula is C14H18N4O2S. The summed E-state index contributed by atoms with van der Waals surface area (Å²) in [6.07, 6.45) is 4.58. The van der Waals surface area contributed by atoms with Crippen molar-refractivity contribution in [3.05, 3.63) is 29.8 Å². The van der Waals surface area contributed by atoms with Crippen LogP contribution >= 0.6 is 11.5 Å². The molecule has 2 aromatic rings. The SMILES string of the molecule is CCc1nsc(N2CCC(n3cccc3C(=O)O)CC2)n1. The predicted molar refractivity (Wildman–Crippen MR) is 81.2 cm³/mol. The summed E-state index contributed by atoms with van der Waals surface area (Å²) in [5.74, 6) is 0.0369. The van der Waals surface area contributed by atoms with Crippen molar-refractivity contribution in [3.63, 3.8) is 0 Å². The van der Waals surface area contributed by atoms with Crippen LogP contribution in [0.15, 0.2) is 18.3 Å². The van der Waals surface area contributed by atoms with E-state index in [0.29, 0.717) is 5.69 Å². The third kappa shape index (κ3) is 2.78. The molecule has 1 saturated heterocycles. The van der Waals surface area contributed by atoms with Crippen LogP contribution in [0.1, 0.15) is 42.1 Å². The van der Waals surface area contributed by atoms with Crippen molar-refractivity contribution in [1.29, 1.82) is 0 Å². The van der Waals surface area contributed by atoms with E-state index in [1.165, 1.54) is 11.5 Å². The molecule has 2 aromatic heterocycles. The summed E-state index contributed by atoms with van der Waals surface area (Å²) in [6.45, 7) is 3.83. The lowest BCUT2D eigenvalue weighted by atomic mass is 10.1. The molecule has 0 aliphatic carbocycles. The molecule has 3 rings (SSSR count). The standard InChI is InChI=1S/C14H18N4O2S/c1-2-12-15-14(21-16-12)17-8-5-10(6-9-17)18-7-3-4-11(18)13(19)20/h3-4,7,10H,2,5-6,8-9H2,1H3,(H,19,20). The Morgan fingerprint density at radius 1 is 1.48 bits per heavy atom. The van der Waals surface area contributed by atoms with Crippen LogP contribution in [0.2, 0.25) is 0 Å². The maximum absolute atomic E-state index is 11.2. The fraction of sp³-hybridized carbons (Fsp3) is 0.500. The second kappa shape index (κ2) is 5.85. The van der Waals surface area contributed by atoms with Gasteiger partial charge in [-0.2, -0.15) is 4.37 Å². The van der Waals surface area contributed by atoms with E-state index in [9.17, 15) is 9.90 Å². The van der Waals surface area contributed by atoms with E-state index >= 15 is 0 Å². The highest BCUT2D eigenvalue weighted by atomic mass is 32.1. The molecule has 0 spiro atoms. The van der Waals surface area contributed by atoms with Crippen molar-refractivity contribution < 1.29 is 9.90 Å². The molecule has 0 amide bonds. The zero-order valence-corrected chi connectivity index (χ0v) is 12.7. The van der Waals surface area contributed by atoms with Gasteiger partial charge < -0.3 is 14.6 Å². The van der Waals surface area contributed by atoms with Crippen LogP contribution in [0, 0.1) is 0 Å². The van der Waals surface area contributed by atoms with E-state index in [2.05, 4.69) is 21.2 Å². The summed E-state index contributed by atoms with van der Waals surface area (Å²) < 4.78 is 6.21. The number of nitrogens with zero attached hydrogens (tertiary/aromatic N) is 4. The predicted octanol–water partition coefficient (Wildman–Crippen LogP) is 2.44. The van der Waals surface area contributed by atoms with Crippen LogP contribution in [-0.4, -0.2) is 38.1 Å². The van der Waals surface area contributed by atoms with Gasteiger partial charge in [0.15, 0.2) is 0 Å². The molecule has 0 atom stereocenters. The van der Waals surface area contributed by atoms with Gasteiger partial charge in [-0.05, 0) is 25.0 Å². The largest absolute Gasteiger partial charge is 0.477 e. The third-order valence-corrected chi connectivity index (χ3v) is 4.71. The first-order valence-electron chi connectivity index (χ1n) is 7.16. The minimum Gasteiger partial charge on any atom is -0.477 e. The summed E-state index contributed by atoms with van der Waals surface area (Å²) >= 11 is 1.45. The summed E-state index contributed by atoms with van der Waals surface area (Å²) in [6, 6.07) is 3.71. The topological polar surface area (TPSA) is 71.2 Å². The third-order valence-electron chi connectivity index (χ3n) is 3.90. The number of carbonyl (C=O) groups is 1. The van der Waals surface area contributed by atoms with E-state index in [1.54, 1.807) is 12.1 Å². The summed E-state index contributed by atoms with van der Waals surface area (Å²) in [5, 5.41) is 10.2. The maximum atomic E-state index is 11.2. The second-order valence-electron chi connectivity index (χ2n) is 5.17. The average Bonchev–Trinajstić information content (AvgIpc) is 3.16. The van der Waals surface area contributed by atoms with E-state index in [0.717, 1.165) is 43.3 Å². The van der Waals surface area contributed by atoms with Gasteiger partial charge in [-0.3, -0.25) is 0 Å². The Kier molecular flexibility index (Phi) is 3.92. The molecule has 7 heteroatoms. The normalized spacial score (nSPS) is 16.3. The van der Waals surface area contributed by atoms with Gasteiger partial charge in [0, 0.05) is 43.3 Å². The number of aromatic carboxylic acids is 1. The number of aryl methyl sites for hydroxylation is 1. The number of hydrogen-bond donors (Lipinski definition) is 1. The van der Waals surface area contributed by atoms with Crippen molar-refractivity contribution in [2.75, 3.05) is 18.0 Å². The van der Waals surface area contributed by atoms with Crippen LogP contribution in [0.4, 0.5) is 5.13 Å². The van der Waals surface area contributed by atoms with Crippen molar-refractivity contribution in [1.82, 2.24) is 13.9 Å². The smallest absolute Gasteiger partial charge is 0.352 e. The highest BCUT2D eigenvalue weighted by molar-refractivity contribution is 7.09. The summed E-state index contributed by atoms with van der Waals surface area (Å²) in [7, 11) is 0. The average molecular weight is 306 g/mol. The van der Waals surface area contributed by atoms with Crippen LogP contribution in [-0.2, 0) is 6.42 Å². The van der Waals surface area contributed by atoms with Gasteiger partial charge in [0.25, 0.3) is 0 Å². The first kappa shape index (κ1) is 14.1. The molecule has 1 aliphatic rings.